The Balaban J connectivity index is 1.75. The maximum Gasteiger partial charge on any atom is 0.262 e. The molecule has 9 heteroatoms. The van der Waals surface area contributed by atoms with Gasteiger partial charge in [-0.2, -0.15) is 0 Å². The second-order valence-corrected chi connectivity index (χ2v) is 7.93. The second kappa shape index (κ2) is 8.99. The Kier molecular flexibility index (Phi) is 6.17. The van der Waals surface area contributed by atoms with Gasteiger partial charge in [-0.1, -0.05) is 11.6 Å². The fourth-order valence-corrected chi connectivity index (χ4v) is 3.93. The Morgan fingerprint density at radius 1 is 1.17 bits per heavy atom. The van der Waals surface area contributed by atoms with Crippen LogP contribution in [-0.2, 0) is 6.54 Å². The summed E-state index contributed by atoms with van der Waals surface area (Å²) in [5.74, 6) is 1.57. The highest BCUT2D eigenvalue weighted by Crippen LogP contribution is 2.28. The van der Waals surface area contributed by atoms with E-state index in [1.165, 1.54) is 4.57 Å². The quantitative estimate of drug-likeness (QED) is 0.476. The predicted octanol–water partition coefficient (Wildman–Crippen LogP) is 2.90. The molecule has 0 radical (unpaired) electrons. The zero-order chi connectivity index (χ0) is 21.1. The van der Waals surface area contributed by atoms with Crippen LogP contribution in [0.15, 0.2) is 41.5 Å². The van der Waals surface area contributed by atoms with Crippen molar-refractivity contribution >= 4 is 39.8 Å². The van der Waals surface area contributed by atoms with Gasteiger partial charge in [0, 0.05) is 30.0 Å². The van der Waals surface area contributed by atoms with E-state index in [0.717, 1.165) is 18.2 Å². The van der Waals surface area contributed by atoms with E-state index in [4.69, 9.17) is 11.6 Å². The summed E-state index contributed by atoms with van der Waals surface area (Å²) in [6.45, 7) is 0.0957. The first-order valence-electron chi connectivity index (χ1n) is 10.0. The van der Waals surface area contributed by atoms with E-state index < -0.39 is 0 Å². The predicted molar refractivity (Wildman–Crippen MR) is 118 cm³/mol. The first-order valence-corrected chi connectivity index (χ1v) is 10.4. The van der Waals surface area contributed by atoms with Gasteiger partial charge >= 0.3 is 0 Å². The van der Waals surface area contributed by atoms with E-state index in [2.05, 4.69) is 20.6 Å². The second-order valence-electron chi connectivity index (χ2n) is 7.49. The van der Waals surface area contributed by atoms with Gasteiger partial charge in [0.05, 0.1) is 18.1 Å². The summed E-state index contributed by atoms with van der Waals surface area (Å²) < 4.78 is 1.48. The van der Waals surface area contributed by atoms with Crippen LogP contribution < -0.4 is 16.2 Å². The summed E-state index contributed by atoms with van der Waals surface area (Å²) >= 11 is 6.05. The van der Waals surface area contributed by atoms with Gasteiger partial charge < -0.3 is 25.4 Å². The van der Waals surface area contributed by atoms with Crippen LogP contribution in [0.25, 0.3) is 10.8 Å². The van der Waals surface area contributed by atoms with E-state index in [9.17, 15) is 15.0 Å². The van der Waals surface area contributed by atoms with Crippen molar-refractivity contribution in [1.29, 1.82) is 0 Å². The number of halogens is 1. The Bertz CT molecular complexity index is 1100. The maximum atomic E-state index is 13.0. The van der Waals surface area contributed by atoms with Crippen LogP contribution in [0.5, 0.6) is 0 Å². The van der Waals surface area contributed by atoms with Crippen LogP contribution in [0.4, 0.5) is 17.5 Å². The zero-order valence-electron chi connectivity index (χ0n) is 16.4. The Morgan fingerprint density at radius 2 is 1.97 bits per heavy atom. The van der Waals surface area contributed by atoms with E-state index in [1.807, 2.05) is 6.07 Å². The molecule has 1 saturated carbocycles. The zero-order valence-corrected chi connectivity index (χ0v) is 17.1. The lowest BCUT2D eigenvalue weighted by atomic mass is 9.93. The van der Waals surface area contributed by atoms with Gasteiger partial charge in [-0.05, 0) is 55.3 Å². The summed E-state index contributed by atoms with van der Waals surface area (Å²) in [5, 5.41) is 27.4. The number of fused-ring (bicyclic) bond motifs is 1. The minimum atomic E-state index is -0.267. The molecule has 8 nitrogen and oxygen atoms in total. The largest absolute Gasteiger partial charge is 0.395 e. The molecular formula is C21H24ClN5O3. The SMILES string of the molecule is O=c1c2c(NC3CCC(O)CC3)nc(Nc3cc(Cl)ccn3)cc2ccn1CCO. The summed E-state index contributed by atoms with van der Waals surface area (Å²) in [7, 11) is 0. The van der Waals surface area contributed by atoms with Gasteiger partial charge in [0.2, 0.25) is 0 Å². The lowest BCUT2D eigenvalue weighted by Gasteiger charge is -2.27. The van der Waals surface area contributed by atoms with Crippen LogP contribution in [-0.4, -0.2) is 43.5 Å². The highest BCUT2D eigenvalue weighted by Gasteiger charge is 2.21. The summed E-state index contributed by atoms with van der Waals surface area (Å²) in [6.07, 6.45) is 6.04. The Labute approximate surface area is 178 Å². The number of aliphatic hydroxyl groups is 2. The molecule has 158 valence electrons. The number of pyridine rings is 3. The number of rotatable bonds is 6. The van der Waals surface area contributed by atoms with Crippen molar-refractivity contribution in [2.24, 2.45) is 0 Å². The minimum Gasteiger partial charge on any atom is -0.395 e. The highest BCUT2D eigenvalue weighted by atomic mass is 35.5. The number of nitrogens with one attached hydrogen (secondary N) is 2. The van der Waals surface area contributed by atoms with Crippen molar-refractivity contribution in [2.45, 2.75) is 44.4 Å². The van der Waals surface area contributed by atoms with E-state index in [0.29, 0.717) is 40.7 Å². The van der Waals surface area contributed by atoms with Gasteiger partial charge in [-0.3, -0.25) is 4.79 Å². The van der Waals surface area contributed by atoms with Crippen molar-refractivity contribution in [1.82, 2.24) is 14.5 Å². The fraction of sp³-hybridized carbons (Fsp3) is 0.381. The molecule has 4 rings (SSSR count). The first-order chi connectivity index (χ1) is 14.5. The molecule has 3 aromatic heterocycles. The molecule has 0 amide bonds. The standard InChI is InChI=1S/C21H24ClN5O3/c22-14-5-7-23-17(12-14)25-18-11-13-6-8-27(9-10-28)21(30)19(13)20(26-18)24-15-1-3-16(29)4-2-15/h5-8,11-12,15-16,28-29H,1-4,9-10H2,(H2,23,24,25,26). The molecule has 0 aromatic carbocycles. The van der Waals surface area contributed by atoms with E-state index in [1.54, 1.807) is 30.6 Å². The minimum absolute atomic E-state index is 0.120. The number of hydrogen-bond acceptors (Lipinski definition) is 7. The summed E-state index contributed by atoms with van der Waals surface area (Å²) in [5.41, 5.74) is -0.208. The Morgan fingerprint density at radius 3 is 2.70 bits per heavy atom. The normalized spacial score (nSPS) is 19.0. The molecule has 0 atom stereocenters. The molecule has 1 aliphatic rings. The topological polar surface area (TPSA) is 112 Å². The molecule has 3 heterocycles. The molecule has 1 fully saturated rings. The van der Waals surface area contributed by atoms with Crippen LogP contribution >= 0.6 is 11.6 Å². The van der Waals surface area contributed by atoms with E-state index >= 15 is 0 Å². The molecule has 3 aromatic rings. The third-order valence-electron chi connectivity index (χ3n) is 5.32. The Hall–Kier alpha value is -2.68. The molecule has 1 aliphatic carbocycles. The number of anilines is 3. The molecule has 0 saturated heterocycles. The monoisotopic (exact) mass is 429 g/mol. The number of aromatic nitrogens is 3. The van der Waals surface area contributed by atoms with Gasteiger partial charge in [0.15, 0.2) is 0 Å². The average molecular weight is 430 g/mol. The number of hydrogen-bond donors (Lipinski definition) is 4. The van der Waals surface area contributed by atoms with Gasteiger partial charge in [0.25, 0.3) is 5.56 Å². The van der Waals surface area contributed by atoms with Crippen molar-refractivity contribution in [2.75, 3.05) is 17.2 Å². The van der Waals surface area contributed by atoms with Crippen LogP contribution in [0.2, 0.25) is 5.02 Å². The summed E-state index contributed by atoms with van der Waals surface area (Å²) in [4.78, 5) is 21.9. The molecule has 4 N–H and O–H groups in total. The van der Waals surface area contributed by atoms with Gasteiger partial charge in [-0.15, -0.1) is 0 Å². The molecule has 30 heavy (non-hydrogen) atoms. The molecule has 0 aliphatic heterocycles. The average Bonchev–Trinajstić information content (AvgIpc) is 2.72. The van der Waals surface area contributed by atoms with Crippen molar-refractivity contribution < 1.29 is 10.2 Å². The molecule has 0 bridgehead atoms. The third kappa shape index (κ3) is 4.56. The summed E-state index contributed by atoms with van der Waals surface area (Å²) in [6, 6.07) is 7.13. The van der Waals surface area contributed by atoms with Crippen molar-refractivity contribution in [3.63, 3.8) is 0 Å². The van der Waals surface area contributed by atoms with E-state index in [-0.39, 0.29) is 30.9 Å². The lowest BCUT2D eigenvalue weighted by molar-refractivity contribution is 0.126. The van der Waals surface area contributed by atoms with Crippen LogP contribution in [0.3, 0.4) is 0 Å². The van der Waals surface area contributed by atoms with Gasteiger partial charge in [0.1, 0.15) is 17.5 Å². The first kappa shape index (κ1) is 20.6. The number of nitrogens with zero attached hydrogens (tertiary/aromatic N) is 3. The number of aliphatic hydroxyl groups excluding tert-OH is 2. The van der Waals surface area contributed by atoms with Gasteiger partial charge in [-0.25, -0.2) is 9.97 Å². The molecule has 0 unspecified atom stereocenters. The fourth-order valence-electron chi connectivity index (χ4n) is 3.77. The van der Waals surface area contributed by atoms with Crippen LogP contribution in [0.1, 0.15) is 25.7 Å². The maximum absolute atomic E-state index is 13.0. The van der Waals surface area contributed by atoms with Crippen molar-refractivity contribution in [3.05, 3.63) is 52.0 Å². The van der Waals surface area contributed by atoms with Crippen molar-refractivity contribution in [3.8, 4) is 0 Å². The molecular weight excluding hydrogens is 406 g/mol. The smallest absolute Gasteiger partial charge is 0.262 e. The van der Waals surface area contributed by atoms with Crippen LogP contribution in [0, 0.1) is 0 Å². The highest BCUT2D eigenvalue weighted by molar-refractivity contribution is 6.30. The molecule has 0 spiro atoms. The third-order valence-corrected chi connectivity index (χ3v) is 5.55. The lowest BCUT2D eigenvalue weighted by Crippen LogP contribution is -2.30.